The molecule has 19 heavy (non-hydrogen) atoms. The summed E-state index contributed by atoms with van der Waals surface area (Å²) >= 11 is 0. The van der Waals surface area contributed by atoms with Crippen molar-refractivity contribution >= 4 is 12.2 Å². The Morgan fingerprint density at radius 3 is 2.32 bits per heavy atom. The van der Waals surface area contributed by atoms with Crippen molar-refractivity contribution in [3.8, 4) is 5.75 Å². The van der Waals surface area contributed by atoms with Crippen LogP contribution in [0.4, 0.5) is 13.2 Å². The minimum Gasteiger partial charge on any atom is -0.497 e. The van der Waals surface area contributed by atoms with Crippen molar-refractivity contribution in [3.05, 3.63) is 41.6 Å². The van der Waals surface area contributed by atoms with E-state index in [-0.39, 0.29) is 5.89 Å². The number of ether oxygens (including phenoxy) is 1. The molecule has 0 aliphatic heterocycles. The third-order valence-corrected chi connectivity index (χ3v) is 2.22. The lowest BCUT2D eigenvalue weighted by atomic mass is 10.2. The molecule has 100 valence electrons. The van der Waals surface area contributed by atoms with Gasteiger partial charge in [-0.3, -0.25) is 0 Å². The summed E-state index contributed by atoms with van der Waals surface area (Å²) in [6.07, 6.45) is -1.75. The predicted molar refractivity (Wildman–Crippen MR) is 61.2 cm³/mol. The normalized spacial score (nSPS) is 12.0. The van der Waals surface area contributed by atoms with E-state index in [1.54, 1.807) is 37.5 Å². The number of methoxy groups -OCH3 is 1. The van der Waals surface area contributed by atoms with Crippen LogP contribution in [0.1, 0.15) is 17.3 Å². The van der Waals surface area contributed by atoms with Crippen molar-refractivity contribution in [1.82, 2.24) is 10.2 Å². The molecule has 4 nitrogen and oxygen atoms in total. The molecule has 0 radical (unpaired) electrons. The molecule has 0 amide bonds. The van der Waals surface area contributed by atoms with Crippen LogP contribution in [0.25, 0.3) is 12.2 Å². The number of rotatable bonds is 3. The Kier molecular flexibility index (Phi) is 3.55. The summed E-state index contributed by atoms with van der Waals surface area (Å²) in [6, 6.07) is 6.95. The van der Waals surface area contributed by atoms with Crippen molar-refractivity contribution in [1.29, 1.82) is 0 Å². The molecule has 0 bridgehead atoms. The van der Waals surface area contributed by atoms with Crippen molar-refractivity contribution in [2.24, 2.45) is 0 Å². The van der Waals surface area contributed by atoms with Gasteiger partial charge < -0.3 is 9.15 Å². The second-order valence-corrected chi connectivity index (χ2v) is 3.55. The zero-order chi connectivity index (χ0) is 13.9. The highest BCUT2D eigenvalue weighted by Crippen LogP contribution is 2.28. The van der Waals surface area contributed by atoms with Gasteiger partial charge in [0.1, 0.15) is 5.75 Å². The van der Waals surface area contributed by atoms with E-state index in [1.165, 1.54) is 6.08 Å². The number of alkyl halides is 3. The first-order chi connectivity index (χ1) is 8.99. The van der Waals surface area contributed by atoms with E-state index < -0.39 is 12.1 Å². The second-order valence-electron chi connectivity index (χ2n) is 3.55. The highest BCUT2D eigenvalue weighted by molar-refractivity contribution is 5.66. The van der Waals surface area contributed by atoms with Gasteiger partial charge in [0, 0.05) is 6.08 Å². The van der Waals surface area contributed by atoms with Crippen LogP contribution in [-0.4, -0.2) is 17.3 Å². The number of nitrogens with zero attached hydrogens (tertiary/aromatic N) is 2. The van der Waals surface area contributed by atoms with E-state index >= 15 is 0 Å². The maximum absolute atomic E-state index is 12.2. The SMILES string of the molecule is COc1ccc(/C=C/c2nnc(C(F)(F)F)o2)cc1. The smallest absolute Gasteiger partial charge is 0.470 e. The molecular formula is C12H9F3N2O2. The molecule has 2 rings (SSSR count). The van der Waals surface area contributed by atoms with Gasteiger partial charge in [-0.25, -0.2) is 0 Å². The molecule has 0 fully saturated rings. The summed E-state index contributed by atoms with van der Waals surface area (Å²) in [5.74, 6) is -0.876. The second kappa shape index (κ2) is 5.13. The zero-order valence-corrected chi connectivity index (χ0v) is 9.81. The first kappa shape index (κ1) is 13.1. The van der Waals surface area contributed by atoms with Crippen LogP contribution in [-0.2, 0) is 6.18 Å². The summed E-state index contributed by atoms with van der Waals surface area (Å²) in [5.41, 5.74) is 0.771. The molecule has 0 N–H and O–H groups in total. The van der Waals surface area contributed by atoms with Gasteiger partial charge in [-0.05, 0) is 23.8 Å². The molecule has 1 aromatic carbocycles. The van der Waals surface area contributed by atoms with Crippen LogP contribution in [0.15, 0.2) is 28.7 Å². The lowest BCUT2D eigenvalue weighted by Crippen LogP contribution is -2.04. The average Bonchev–Trinajstić information content (AvgIpc) is 2.86. The van der Waals surface area contributed by atoms with E-state index in [4.69, 9.17) is 4.74 Å². The summed E-state index contributed by atoms with van der Waals surface area (Å²) in [4.78, 5) is 0. The van der Waals surface area contributed by atoms with Crippen molar-refractivity contribution in [2.75, 3.05) is 7.11 Å². The van der Waals surface area contributed by atoms with E-state index in [1.807, 2.05) is 0 Å². The molecular weight excluding hydrogens is 261 g/mol. The van der Waals surface area contributed by atoms with Gasteiger partial charge in [0.15, 0.2) is 0 Å². The highest BCUT2D eigenvalue weighted by Gasteiger charge is 2.37. The first-order valence-corrected chi connectivity index (χ1v) is 5.22. The van der Waals surface area contributed by atoms with Crippen LogP contribution in [0.3, 0.4) is 0 Å². The summed E-state index contributed by atoms with van der Waals surface area (Å²) < 4.78 is 46.1. The first-order valence-electron chi connectivity index (χ1n) is 5.22. The Morgan fingerprint density at radius 2 is 1.79 bits per heavy atom. The highest BCUT2D eigenvalue weighted by atomic mass is 19.4. The summed E-state index contributed by atoms with van der Waals surface area (Å²) in [6.45, 7) is 0. The van der Waals surface area contributed by atoms with Gasteiger partial charge in [0.2, 0.25) is 5.89 Å². The Morgan fingerprint density at radius 1 is 1.11 bits per heavy atom. The molecule has 0 spiro atoms. The van der Waals surface area contributed by atoms with Crippen LogP contribution >= 0.6 is 0 Å². The molecule has 7 heteroatoms. The van der Waals surface area contributed by atoms with Crippen LogP contribution in [0.5, 0.6) is 5.75 Å². The average molecular weight is 270 g/mol. The van der Waals surface area contributed by atoms with Crippen molar-refractivity contribution in [2.45, 2.75) is 6.18 Å². The van der Waals surface area contributed by atoms with Gasteiger partial charge in [-0.15, -0.1) is 10.2 Å². The van der Waals surface area contributed by atoms with Gasteiger partial charge >= 0.3 is 12.1 Å². The minimum absolute atomic E-state index is 0.205. The lowest BCUT2D eigenvalue weighted by Gasteiger charge is -1.98. The zero-order valence-electron chi connectivity index (χ0n) is 9.81. The fraction of sp³-hybridized carbons (Fsp3) is 0.167. The lowest BCUT2D eigenvalue weighted by molar-refractivity contribution is -0.157. The van der Waals surface area contributed by atoms with Crippen LogP contribution in [0.2, 0.25) is 0 Å². The molecule has 0 aliphatic rings. The van der Waals surface area contributed by atoms with Crippen molar-refractivity contribution < 1.29 is 22.3 Å². The van der Waals surface area contributed by atoms with Gasteiger partial charge in [0.05, 0.1) is 7.11 Å². The summed E-state index contributed by atoms with van der Waals surface area (Å²) in [5, 5.41) is 6.20. The molecule has 0 saturated heterocycles. The third-order valence-electron chi connectivity index (χ3n) is 2.22. The molecule has 2 aromatic rings. The van der Waals surface area contributed by atoms with Crippen LogP contribution < -0.4 is 4.74 Å². The standard InChI is InChI=1S/C12H9F3N2O2/c1-18-9-5-2-8(3-6-9)4-7-10-16-17-11(19-10)12(13,14)15/h2-7H,1H3/b7-4+. The maximum atomic E-state index is 12.2. The largest absolute Gasteiger partial charge is 0.497 e. The number of benzene rings is 1. The number of halogens is 3. The molecule has 0 unspecified atom stereocenters. The number of aromatic nitrogens is 2. The monoisotopic (exact) mass is 270 g/mol. The third kappa shape index (κ3) is 3.34. The quantitative estimate of drug-likeness (QED) is 0.858. The minimum atomic E-state index is -4.63. The van der Waals surface area contributed by atoms with E-state index in [9.17, 15) is 13.2 Å². The Labute approximate surface area is 106 Å². The van der Waals surface area contributed by atoms with Crippen LogP contribution in [0, 0.1) is 0 Å². The van der Waals surface area contributed by atoms with Crippen molar-refractivity contribution in [3.63, 3.8) is 0 Å². The Balaban J connectivity index is 2.11. The van der Waals surface area contributed by atoms with E-state index in [0.29, 0.717) is 5.75 Å². The topological polar surface area (TPSA) is 48.2 Å². The summed E-state index contributed by atoms with van der Waals surface area (Å²) in [7, 11) is 1.54. The predicted octanol–water partition coefficient (Wildman–Crippen LogP) is 3.27. The molecule has 0 saturated carbocycles. The Bertz CT molecular complexity index is 573. The van der Waals surface area contributed by atoms with E-state index in [2.05, 4.69) is 14.6 Å². The maximum Gasteiger partial charge on any atom is 0.470 e. The van der Waals surface area contributed by atoms with Gasteiger partial charge in [-0.2, -0.15) is 13.2 Å². The Hall–Kier alpha value is -2.31. The fourth-order valence-electron chi connectivity index (χ4n) is 1.30. The molecule has 0 atom stereocenters. The molecule has 1 aromatic heterocycles. The molecule has 0 aliphatic carbocycles. The molecule has 1 heterocycles. The fourth-order valence-corrected chi connectivity index (χ4v) is 1.30. The van der Waals surface area contributed by atoms with Gasteiger partial charge in [-0.1, -0.05) is 12.1 Å². The van der Waals surface area contributed by atoms with Gasteiger partial charge in [0.25, 0.3) is 0 Å². The number of hydrogen-bond donors (Lipinski definition) is 0. The van der Waals surface area contributed by atoms with E-state index in [0.717, 1.165) is 5.56 Å². The number of hydrogen-bond acceptors (Lipinski definition) is 4.